The summed E-state index contributed by atoms with van der Waals surface area (Å²) in [6, 6.07) is 11.1. The summed E-state index contributed by atoms with van der Waals surface area (Å²) in [6.07, 6.45) is 3.18. The summed E-state index contributed by atoms with van der Waals surface area (Å²) in [4.78, 5) is 16.9. The molecule has 0 fully saturated rings. The first kappa shape index (κ1) is 17.4. The van der Waals surface area contributed by atoms with E-state index in [4.69, 9.17) is 17.0 Å². The highest BCUT2D eigenvalue weighted by Crippen LogP contribution is 2.28. The van der Waals surface area contributed by atoms with E-state index in [1.54, 1.807) is 12.1 Å². The van der Waals surface area contributed by atoms with Gasteiger partial charge < -0.3 is 10.7 Å². The number of nitrogens with zero attached hydrogens (tertiary/aromatic N) is 1. The minimum absolute atomic E-state index is 0.127. The monoisotopic (exact) mass is 353 g/mol. The van der Waals surface area contributed by atoms with Crippen LogP contribution in [0.1, 0.15) is 38.7 Å². The molecule has 0 radical (unpaired) electrons. The molecule has 1 aliphatic rings. The third-order valence-electron chi connectivity index (χ3n) is 4.56. The van der Waals surface area contributed by atoms with Gasteiger partial charge in [0.05, 0.1) is 6.04 Å². The molecule has 2 aromatic carbocycles. The fourth-order valence-corrected chi connectivity index (χ4v) is 3.04. The van der Waals surface area contributed by atoms with Gasteiger partial charge in [-0.05, 0) is 54.3 Å². The van der Waals surface area contributed by atoms with Crippen molar-refractivity contribution in [3.05, 3.63) is 69.2 Å². The van der Waals surface area contributed by atoms with Gasteiger partial charge in [-0.25, -0.2) is 0 Å². The van der Waals surface area contributed by atoms with Crippen molar-refractivity contribution < 1.29 is 4.79 Å². The Hall–Kier alpha value is -2.46. The zero-order valence-electron chi connectivity index (χ0n) is 14.2. The second-order valence-corrected chi connectivity index (χ2v) is 6.76. The Bertz CT molecular complexity index is 860. The van der Waals surface area contributed by atoms with Crippen LogP contribution in [0.5, 0.6) is 0 Å². The first-order valence-corrected chi connectivity index (χ1v) is 8.55. The number of carbonyl (C=O) groups is 1. The Morgan fingerprint density at radius 3 is 2.60 bits per heavy atom. The number of hydrogen-bond acceptors (Lipinski definition) is 3. The molecular weight excluding hydrogens is 334 g/mol. The maximum atomic E-state index is 12.7. The number of halogens is 1. The Balaban J connectivity index is 1.86. The van der Waals surface area contributed by atoms with Gasteiger partial charge in [0, 0.05) is 35.5 Å². The second-order valence-electron chi connectivity index (χ2n) is 6.35. The van der Waals surface area contributed by atoms with E-state index in [1.165, 1.54) is 6.21 Å². The molecule has 4 nitrogen and oxygen atoms in total. The van der Waals surface area contributed by atoms with Crippen molar-refractivity contribution in [2.24, 2.45) is 10.9 Å². The molecule has 0 saturated heterocycles. The number of nitrogens with one attached hydrogen (secondary N) is 2. The molecule has 0 saturated carbocycles. The van der Waals surface area contributed by atoms with Gasteiger partial charge in [0.2, 0.25) is 0 Å². The van der Waals surface area contributed by atoms with Gasteiger partial charge in [0.15, 0.2) is 0 Å². The maximum Gasteiger partial charge on any atom is 0.251 e. The lowest BCUT2D eigenvalue weighted by molar-refractivity contribution is 0.0928. The summed E-state index contributed by atoms with van der Waals surface area (Å²) in [5.41, 5.74) is 4.33. The van der Waals surface area contributed by atoms with Gasteiger partial charge in [0.1, 0.15) is 0 Å². The molecule has 1 amide bonds. The third kappa shape index (κ3) is 3.64. The zero-order valence-corrected chi connectivity index (χ0v) is 15.0. The van der Waals surface area contributed by atoms with Crippen LogP contribution in [0.25, 0.3) is 0 Å². The summed E-state index contributed by atoms with van der Waals surface area (Å²) in [5, 5.41) is 11.2. The number of rotatable bonds is 5. The van der Waals surface area contributed by atoms with Crippen LogP contribution < -0.4 is 5.32 Å². The fourth-order valence-electron chi connectivity index (χ4n) is 2.92. The van der Waals surface area contributed by atoms with E-state index >= 15 is 0 Å². The normalized spacial score (nSPS) is 16.8. The Morgan fingerprint density at radius 2 is 2.04 bits per heavy atom. The van der Waals surface area contributed by atoms with Gasteiger partial charge in [-0.3, -0.25) is 9.79 Å². The molecule has 2 aromatic rings. The van der Waals surface area contributed by atoms with Crippen molar-refractivity contribution in [1.82, 2.24) is 5.32 Å². The number of carbonyl (C=O) groups excluding carboxylic acids is 1. The summed E-state index contributed by atoms with van der Waals surface area (Å²) in [6.45, 7) is 4.56. The minimum atomic E-state index is -0.135. The smallest absolute Gasteiger partial charge is 0.251 e. The Kier molecular flexibility index (Phi) is 5.00. The van der Waals surface area contributed by atoms with E-state index in [2.05, 4.69) is 10.3 Å². The van der Waals surface area contributed by atoms with Crippen LogP contribution in [0.4, 0.5) is 0 Å². The van der Waals surface area contributed by atoms with Crippen LogP contribution in [-0.2, 0) is 0 Å². The van der Waals surface area contributed by atoms with Crippen molar-refractivity contribution in [2.75, 3.05) is 6.54 Å². The lowest BCUT2D eigenvalue weighted by Gasteiger charge is -2.29. The topological polar surface area (TPSA) is 65.3 Å². The molecule has 5 heteroatoms. The van der Waals surface area contributed by atoms with Gasteiger partial charge in [0.25, 0.3) is 5.91 Å². The van der Waals surface area contributed by atoms with E-state index in [-0.39, 0.29) is 17.9 Å². The zero-order chi connectivity index (χ0) is 18.0. The quantitative estimate of drug-likeness (QED) is 0.780. The molecule has 0 spiro atoms. The molecule has 0 aliphatic carbocycles. The Morgan fingerprint density at radius 1 is 1.28 bits per heavy atom. The highest BCUT2D eigenvalue weighted by molar-refractivity contribution is 6.31. The predicted molar refractivity (Wildman–Crippen MR) is 102 cm³/mol. The number of benzene rings is 2. The maximum absolute atomic E-state index is 12.7. The van der Waals surface area contributed by atoms with Gasteiger partial charge >= 0.3 is 0 Å². The van der Waals surface area contributed by atoms with Crippen LogP contribution in [0.2, 0.25) is 5.02 Å². The average Bonchev–Trinajstić information content (AvgIpc) is 2.55. The first-order valence-electron chi connectivity index (χ1n) is 8.17. The number of aliphatic imine (C=N–C) groups is 1. The standard InChI is InChI=1S/C20H20ClN3O/c1-12-7-15(3-4-16(12)9-22)20(25)24-19(17-10-23-11-17)14-5-6-18(21)13(2)8-14/h3-10,17,19,22H,11H2,1-2H3,(H,24,25). The lowest BCUT2D eigenvalue weighted by Crippen LogP contribution is -2.38. The van der Waals surface area contributed by atoms with E-state index in [9.17, 15) is 4.79 Å². The van der Waals surface area contributed by atoms with Crippen molar-refractivity contribution in [2.45, 2.75) is 19.9 Å². The molecule has 2 atom stereocenters. The van der Waals surface area contributed by atoms with Crippen LogP contribution in [0, 0.1) is 25.2 Å². The molecule has 1 aliphatic heterocycles. The second kappa shape index (κ2) is 7.19. The summed E-state index contributed by atoms with van der Waals surface area (Å²) in [5.74, 6) is 0.0593. The summed E-state index contributed by atoms with van der Waals surface area (Å²) < 4.78 is 0. The highest BCUT2D eigenvalue weighted by atomic mass is 35.5. The third-order valence-corrected chi connectivity index (χ3v) is 4.98. The molecule has 3 rings (SSSR count). The van der Waals surface area contributed by atoms with Gasteiger partial charge in [-0.1, -0.05) is 29.8 Å². The van der Waals surface area contributed by atoms with Gasteiger partial charge in [-0.2, -0.15) is 0 Å². The highest BCUT2D eigenvalue weighted by Gasteiger charge is 2.27. The summed E-state index contributed by atoms with van der Waals surface area (Å²) in [7, 11) is 0. The number of aryl methyl sites for hydroxylation is 2. The Labute approximate surface area is 152 Å². The molecular formula is C20H20ClN3O. The molecule has 1 heterocycles. The average molecular weight is 354 g/mol. The first-order chi connectivity index (χ1) is 12.0. The number of amides is 1. The van der Waals surface area contributed by atoms with E-state index in [0.717, 1.165) is 22.3 Å². The SMILES string of the molecule is Cc1cc(C(NC(=O)c2ccc(C=N)c(C)c2)C2C=NC2)ccc1Cl. The minimum Gasteiger partial charge on any atom is -0.345 e. The van der Waals surface area contributed by atoms with E-state index in [0.29, 0.717) is 17.1 Å². The van der Waals surface area contributed by atoms with Crippen molar-refractivity contribution in [1.29, 1.82) is 5.41 Å². The van der Waals surface area contributed by atoms with Crippen LogP contribution in [0.15, 0.2) is 41.4 Å². The van der Waals surface area contributed by atoms with E-state index in [1.807, 2.05) is 44.3 Å². The molecule has 128 valence electrons. The van der Waals surface area contributed by atoms with Crippen LogP contribution in [0.3, 0.4) is 0 Å². The van der Waals surface area contributed by atoms with Crippen LogP contribution >= 0.6 is 11.6 Å². The fraction of sp³-hybridized carbons (Fsp3) is 0.250. The predicted octanol–water partition coefficient (Wildman–Crippen LogP) is 4.13. The lowest BCUT2D eigenvalue weighted by atomic mass is 9.90. The molecule has 2 unspecified atom stereocenters. The summed E-state index contributed by atoms with van der Waals surface area (Å²) >= 11 is 6.13. The van der Waals surface area contributed by atoms with E-state index < -0.39 is 0 Å². The molecule has 0 aromatic heterocycles. The van der Waals surface area contributed by atoms with Crippen molar-refractivity contribution in [3.63, 3.8) is 0 Å². The van der Waals surface area contributed by atoms with Crippen LogP contribution in [-0.4, -0.2) is 24.9 Å². The number of hydrogen-bond donors (Lipinski definition) is 2. The van der Waals surface area contributed by atoms with Crippen molar-refractivity contribution >= 4 is 29.9 Å². The molecule has 0 bridgehead atoms. The largest absolute Gasteiger partial charge is 0.345 e. The molecule has 25 heavy (non-hydrogen) atoms. The molecule has 2 N–H and O–H groups in total. The van der Waals surface area contributed by atoms with Gasteiger partial charge in [-0.15, -0.1) is 0 Å². The van der Waals surface area contributed by atoms with Crippen molar-refractivity contribution in [3.8, 4) is 0 Å².